The average Bonchev–Trinajstić information content (AvgIpc) is 3.25. The molecule has 0 fully saturated rings. The summed E-state index contributed by atoms with van der Waals surface area (Å²) in [6.45, 7) is 0.434. The van der Waals surface area contributed by atoms with Gasteiger partial charge in [-0.15, -0.1) is 0 Å². The van der Waals surface area contributed by atoms with Gasteiger partial charge in [-0.05, 0) is 36.8 Å². The van der Waals surface area contributed by atoms with E-state index in [0.29, 0.717) is 24.5 Å². The highest BCUT2D eigenvalue weighted by atomic mass is 35.5. The lowest BCUT2D eigenvalue weighted by Gasteiger charge is -2.08. The van der Waals surface area contributed by atoms with Crippen LogP contribution in [0.25, 0.3) is 0 Å². The largest absolute Gasteiger partial charge is 0.772 e. The van der Waals surface area contributed by atoms with Crippen LogP contribution in [0.2, 0.25) is 10.0 Å². The van der Waals surface area contributed by atoms with E-state index in [1.54, 1.807) is 12.1 Å². The Balaban J connectivity index is 1.63. The van der Waals surface area contributed by atoms with Crippen LogP contribution in [0, 0.1) is 5.82 Å². The molecule has 0 bridgehead atoms. The zero-order valence-electron chi connectivity index (χ0n) is 16.3. The molecular formula is C20H16Cl2FN4O4S-. The maximum absolute atomic E-state index is 14.3. The van der Waals surface area contributed by atoms with E-state index in [4.69, 9.17) is 23.2 Å². The number of carbonyl (C=O) groups is 2. The monoisotopic (exact) mass is 497 g/mol. The number of nitrogens with zero attached hydrogens (tertiary/aromatic N) is 1. The van der Waals surface area contributed by atoms with Gasteiger partial charge in [-0.3, -0.25) is 13.8 Å². The summed E-state index contributed by atoms with van der Waals surface area (Å²) in [5.41, 5.74) is 0.126. The number of ketones is 1. The van der Waals surface area contributed by atoms with Crippen molar-refractivity contribution in [1.82, 2.24) is 9.97 Å². The first kappa shape index (κ1) is 23.9. The molecule has 0 aliphatic carbocycles. The molecule has 2 aromatic heterocycles. The van der Waals surface area contributed by atoms with E-state index in [1.165, 1.54) is 30.6 Å². The topological polar surface area (TPSA) is 127 Å². The molecule has 12 heteroatoms. The molecule has 168 valence electrons. The summed E-state index contributed by atoms with van der Waals surface area (Å²) in [5.74, 6) is -1.62. The van der Waals surface area contributed by atoms with E-state index < -0.39 is 28.6 Å². The fourth-order valence-electron chi connectivity index (χ4n) is 2.71. The number of halogens is 3. The van der Waals surface area contributed by atoms with E-state index in [-0.39, 0.29) is 32.6 Å². The number of H-pyrrole nitrogens is 1. The minimum Gasteiger partial charge on any atom is -0.772 e. The van der Waals surface area contributed by atoms with Gasteiger partial charge < -0.3 is 20.2 Å². The third-order valence-electron chi connectivity index (χ3n) is 4.28. The number of hydrogen-bond donors (Lipinski definition) is 3. The van der Waals surface area contributed by atoms with Crippen molar-refractivity contribution in [1.29, 1.82) is 0 Å². The van der Waals surface area contributed by atoms with Crippen molar-refractivity contribution in [2.24, 2.45) is 0 Å². The van der Waals surface area contributed by atoms with Gasteiger partial charge in [0.2, 0.25) is 0 Å². The van der Waals surface area contributed by atoms with Gasteiger partial charge in [0.25, 0.3) is 5.91 Å². The Morgan fingerprint density at radius 3 is 2.62 bits per heavy atom. The minimum atomic E-state index is -2.08. The summed E-state index contributed by atoms with van der Waals surface area (Å²) >= 11 is 9.59. The van der Waals surface area contributed by atoms with Crippen LogP contribution < -0.4 is 10.6 Å². The second-order valence-corrected chi connectivity index (χ2v) is 8.35. The average molecular weight is 498 g/mol. The highest BCUT2D eigenvalue weighted by Crippen LogP contribution is 2.28. The van der Waals surface area contributed by atoms with E-state index in [1.807, 2.05) is 0 Å². The van der Waals surface area contributed by atoms with Gasteiger partial charge in [0.15, 0.2) is 11.6 Å². The van der Waals surface area contributed by atoms with Gasteiger partial charge in [-0.2, -0.15) is 0 Å². The smallest absolute Gasteiger partial charge is 0.272 e. The van der Waals surface area contributed by atoms with E-state index in [2.05, 4.69) is 20.6 Å². The van der Waals surface area contributed by atoms with Crippen LogP contribution in [0.1, 0.15) is 32.8 Å². The highest BCUT2D eigenvalue weighted by Gasteiger charge is 2.22. The normalized spacial score (nSPS) is 11.8. The number of pyridine rings is 1. The van der Waals surface area contributed by atoms with Crippen LogP contribution in [0.4, 0.5) is 15.9 Å². The molecular weight excluding hydrogens is 482 g/mol. The lowest BCUT2D eigenvalue weighted by Crippen LogP contribution is -2.13. The predicted molar refractivity (Wildman–Crippen MR) is 120 cm³/mol. The summed E-state index contributed by atoms with van der Waals surface area (Å²) in [5, 5.41) is 5.25. The molecule has 0 aliphatic heterocycles. The molecule has 3 aromatic rings. The lowest BCUT2D eigenvalue weighted by molar-refractivity contribution is 0.102. The summed E-state index contributed by atoms with van der Waals surface area (Å²) in [6, 6.07) is 7.07. The number of carbonyl (C=O) groups excluding carboxylic acids is 2. The molecule has 0 spiro atoms. The van der Waals surface area contributed by atoms with Gasteiger partial charge in [-0.25, -0.2) is 9.37 Å². The summed E-state index contributed by atoms with van der Waals surface area (Å²) < 4.78 is 35.2. The van der Waals surface area contributed by atoms with Crippen LogP contribution >= 0.6 is 23.2 Å². The minimum absolute atomic E-state index is 0.0369. The number of nitrogens with one attached hydrogen (secondary N) is 3. The lowest BCUT2D eigenvalue weighted by atomic mass is 10.0. The Morgan fingerprint density at radius 1 is 1.19 bits per heavy atom. The summed E-state index contributed by atoms with van der Waals surface area (Å²) in [7, 11) is 0. The van der Waals surface area contributed by atoms with Crippen molar-refractivity contribution in [2.75, 3.05) is 22.9 Å². The van der Waals surface area contributed by atoms with Gasteiger partial charge in [0.05, 0.1) is 27.5 Å². The van der Waals surface area contributed by atoms with Crippen molar-refractivity contribution in [3.05, 3.63) is 75.4 Å². The third kappa shape index (κ3) is 5.92. The standard InChI is InChI=1S/C20H17Cl2FN4O4S/c21-13-3-4-14(22)18(23)17(13)19(28)11-8-15(25-9-11)20(29)27-12-2-5-16(26-10-12)24-6-1-7-32(30)31/h2-5,8-10,25H,1,6-7H2,(H,24,26)(H,27,29)(H,30,31)/p-1. The molecule has 0 radical (unpaired) electrons. The molecule has 1 amide bonds. The van der Waals surface area contributed by atoms with Gasteiger partial charge >= 0.3 is 0 Å². The van der Waals surface area contributed by atoms with E-state index in [0.717, 1.165) is 0 Å². The fraction of sp³-hybridized carbons (Fsp3) is 0.150. The number of benzene rings is 1. The fourth-order valence-corrected chi connectivity index (χ4v) is 3.48. The zero-order chi connectivity index (χ0) is 23.3. The van der Waals surface area contributed by atoms with E-state index >= 15 is 0 Å². The van der Waals surface area contributed by atoms with Crippen molar-refractivity contribution in [3.8, 4) is 0 Å². The Labute approximate surface area is 194 Å². The first-order valence-corrected chi connectivity index (χ1v) is 11.2. The Hall–Kier alpha value is -2.79. The third-order valence-corrected chi connectivity index (χ3v) is 5.51. The number of anilines is 2. The van der Waals surface area contributed by atoms with Gasteiger partial charge in [-0.1, -0.05) is 34.3 Å². The van der Waals surface area contributed by atoms with Crippen molar-refractivity contribution in [3.63, 3.8) is 0 Å². The zero-order valence-corrected chi connectivity index (χ0v) is 18.6. The molecule has 0 saturated heterocycles. The molecule has 3 N–H and O–H groups in total. The molecule has 0 saturated carbocycles. The summed E-state index contributed by atoms with van der Waals surface area (Å²) in [4.78, 5) is 31.9. The Morgan fingerprint density at radius 2 is 1.94 bits per heavy atom. The van der Waals surface area contributed by atoms with E-state index in [9.17, 15) is 22.7 Å². The molecule has 1 unspecified atom stereocenters. The quantitative estimate of drug-likeness (QED) is 0.177. The maximum atomic E-state index is 14.3. The predicted octanol–water partition coefficient (Wildman–Crippen LogP) is 4.02. The number of aromatic amines is 1. The first-order valence-electron chi connectivity index (χ1n) is 9.20. The number of amides is 1. The van der Waals surface area contributed by atoms with Crippen LogP contribution in [-0.2, 0) is 11.1 Å². The van der Waals surface area contributed by atoms with Crippen molar-refractivity contribution < 1.29 is 22.7 Å². The van der Waals surface area contributed by atoms with Crippen LogP contribution in [0.3, 0.4) is 0 Å². The highest BCUT2D eigenvalue weighted by molar-refractivity contribution is 7.79. The second-order valence-electron chi connectivity index (χ2n) is 6.52. The number of rotatable bonds is 9. The Kier molecular flexibility index (Phi) is 7.97. The van der Waals surface area contributed by atoms with Crippen molar-refractivity contribution >= 4 is 57.5 Å². The van der Waals surface area contributed by atoms with Crippen LogP contribution in [0.5, 0.6) is 0 Å². The molecule has 1 atom stereocenters. The Bertz CT molecular complexity index is 1170. The molecule has 0 aliphatic rings. The number of hydrogen-bond acceptors (Lipinski definition) is 6. The van der Waals surface area contributed by atoms with Crippen LogP contribution in [0.15, 0.2) is 42.7 Å². The molecule has 2 heterocycles. The van der Waals surface area contributed by atoms with Gasteiger partial charge in [0.1, 0.15) is 11.5 Å². The SMILES string of the molecule is O=C(Nc1ccc(NCCCS(=O)[O-])nc1)c1cc(C(=O)c2c(Cl)ccc(Cl)c2F)c[nH]1. The molecule has 32 heavy (non-hydrogen) atoms. The van der Waals surface area contributed by atoms with Gasteiger partial charge in [0, 0.05) is 24.1 Å². The number of aromatic nitrogens is 2. The second kappa shape index (κ2) is 10.7. The maximum Gasteiger partial charge on any atom is 0.272 e. The molecule has 8 nitrogen and oxygen atoms in total. The van der Waals surface area contributed by atoms with Crippen molar-refractivity contribution in [2.45, 2.75) is 6.42 Å². The molecule has 3 rings (SSSR count). The first-order chi connectivity index (χ1) is 15.3. The molecule has 1 aromatic carbocycles. The summed E-state index contributed by atoms with van der Waals surface area (Å²) in [6.07, 6.45) is 3.13. The van der Waals surface area contributed by atoms with Crippen LogP contribution in [-0.4, -0.2) is 42.7 Å².